The number of hydrogen-bond acceptors (Lipinski definition) is 6. The van der Waals surface area contributed by atoms with Crippen LogP contribution in [0.25, 0.3) is 0 Å². The molecular formula is C16H22N4O5. The fraction of sp³-hybridized carbons (Fsp3) is 0.312. The van der Waals surface area contributed by atoms with E-state index in [2.05, 4.69) is 15.3 Å². The van der Waals surface area contributed by atoms with E-state index in [0.29, 0.717) is 24.1 Å². The molecule has 2 rings (SSSR count). The number of carboxylic acids is 1. The van der Waals surface area contributed by atoms with Crippen molar-refractivity contribution in [2.45, 2.75) is 20.4 Å². The van der Waals surface area contributed by atoms with Gasteiger partial charge in [-0.25, -0.2) is 4.99 Å². The maximum atomic E-state index is 9.00. The van der Waals surface area contributed by atoms with Crippen LogP contribution in [0.2, 0.25) is 0 Å². The number of carboxylic acid groups (broad SMARTS) is 1. The molecule has 9 nitrogen and oxygen atoms in total. The molecule has 0 atom stereocenters. The quantitative estimate of drug-likeness (QED) is 0.551. The van der Waals surface area contributed by atoms with E-state index in [1.54, 1.807) is 14.2 Å². The van der Waals surface area contributed by atoms with Crippen LogP contribution in [0.5, 0.6) is 11.5 Å². The number of methoxy groups -OCH3 is 2. The number of aliphatic imine (C=N–C) groups is 1. The smallest absolute Gasteiger partial charge is 0.301 e. The predicted molar refractivity (Wildman–Crippen MR) is 93.0 cm³/mol. The molecule has 0 fully saturated rings. The highest BCUT2D eigenvalue weighted by Gasteiger charge is 2.09. The third-order valence-corrected chi connectivity index (χ3v) is 2.79. The van der Waals surface area contributed by atoms with Crippen LogP contribution in [-0.2, 0) is 11.3 Å². The molecule has 0 amide bonds. The number of benzene rings is 1. The molecule has 0 unspecified atom stereocenters. The molecule has 0 aliphatic carbocycles. The predicted octanol–water partition coefficient (Wildman–Crippen LogP) is 2.02. The van der Waals surface area contributed by atoms with Gasteiger partial charge >= 0.3 is 6.01 Å². The SMILES string of the molecule is CC(=O)O.COc1cccc(OC)c1CN=C(N)Nc1nc(C)co1. The summed E-state index contributed by atoms with van der Waals surface area (Å²) in [6.07, 6.45) is 1.53. The number of aromatic nitrogens is 1. The highest BCUT2D eigenvalue weighted by molar-refractivity contribution is 5.90. The summed E-state index contributed by atoms with van der Waals surface area (Å²) in [4.78, 5) is 17.3. The molecule has 25 heavy (non-hydrogen) atoms. The number of nitrogens with zero attached hydrogens (tertiary/aromatic N) is 2. The van der Waals surface area contributed by atoms with Crippen LogP contribution in [0.15, 0.2) is 33.9 Å². The number of aryl methyl sites for hydroxylation is 1. The lowest BCUT2D eigenvalue weighted by Gasteiger charge is -2.11. The van der Waals surface area contributed by atoms with Gasteiger partial charge in [-0.3, -0.25) is 10.1 Å². The molecule has 2 aromatic rings. The first-order chi connectivity index (χ1) is 11.9. The number of guanidine groups is 1. The van der Waals surface area contributed by atoms with Crippen molar-refractivity contribution in [3.8, 4) is 11.5 Å². The second-order valence-corrected chi connectivity index (χ2v) is 4.78. The molecule has 0 aliphatic rings. The van der Waals surface area contributed by atoms with Crippen LogP contribution in [0.1, 0.15) is 18.2 Å². The number of ether oxygens (including phenoxy) is 2. The number of nitrogens with two attached hydrogens (primary N) is 1. The Bertz CT molecular complexity index is 701. The summed E-state index contributed by atoms with van der Waals surface area (Å²) >= 11 is 0. The van der Waals surface area contributed by atoms with Crippen LogP contribution in [-0.4, -0.2) is 36.2 Å². The Kier molecular flexibility index (Phi) is 7.77. The van der Waals surface area contributed by atoms with Gasteiger partial charge in [-0.2, -0.15) is 4.98 Å². The van der Waals surface area contributed by atoms with E-state index in [1.807, 2.05) is 25.1 Å². The molecule has 136 valence electrons. The summed E-state index contributed by atoms with van der Waals surface area (Å²) in [7, 11) is 3.19. The average molecular weight is 350 g/mol. The van der Waals surface area contributed by atoms with E-state index in [0.717, 1.165) is 18.2 Å². The van der Waals surface area contributed by atoms with Crippen molar-refractivity contribution in [3.05, 3.63) is 35.7 Å². The van der Waals surface area contributed by atoms with Gasteiger partial charge < -0.3 is 24.7 Å². The normalized spacial score (nSPS) is 10.5. The fourth-order valence-electron chi connectivity index (χ4n) is 1.81. The summed E-state index contributed by atoms with van der Waals surface area (Å²) in [6, 6.07) is 5.84. The number of nitrogens with one attached hydrogen (secondary N) is 1. The molecule has 0 bridgehead atoms. The van der Waals surface area contributed by atoms with Gasteiger partial charge in [0.15, 0.2) is 5.96 Å². The monoisotopic (exact) mass is 350 g/mol. The Morgan fingerprint density at radius 2 is 1.92 bits per heavy atom. The van der Waals surface area contributed by atoms with Crippen LogP contribution in [0.4, 0.5) is 6.01 Å². The van der Waals surface area contributed by atoms with Crippen molar-refractivity contribution < 1.29 is 23.8 Å². The van der Waals surface area contributed by atoms with Gasteiger partial charge in [-0.15, -0.1) is 0 Å². The second kappa shape index (κ2) is 9.81. The summed E-state index contributed by atoms with van der Waals surface area (Å²) in [5.41, 5.74) is 7.38. The molecule has 1 heterocycles. The Hall–Kier alpha value is -3.23. The van der Waals surface area contributed by atoms with Crippen LogP contribution < -0.4 is 20.5 Å². The lowest BCUT2D eigenvalue weighted by Crippen LogP contribution is -2.22. The summed E-state index contributed by atoms with van der Waals surface area (Å²) in [6.45, 7) is 3.22. The highest BCUT2D eigenvalue weighted by Crippen LogP contribution is 2.28. The van der Waals surface area contributed by atoms with Gasteiger partial charge in [-0.1, -0.05) is 6.07 Å². The first-order valence-electron chi connectivity index (χ1n) is 7.25. The largest absolute Gasteiger partial charge is 0.496 e. The van der Waals surface area contributed by atoms with Crippen molar-refractivity contribution >= 4 is 17.9 Å². The maximum Gasteiger partial charge on any atom is 0.301 e. The van der Waals surface area contributed by atoms with Crippen LogP contribution >= 0.6 is 0 Å². The maximum absolute atomic E-state index is 9.00. The van der Waals surface area contributed by atoms with Crippen molar-refractivity contribution in [2.75, 3.05) is 19.5 Å². The Morgan fingerprint density at radius 1 is 1.36 bits per heavy atom. The standard InChI is InChI=1S/C14H18N4O3.C2H4O2/c1-9-8-21-14(17-9)18-13(15)16-7-10-11(19-2)5-4-6-12(10)20-3;1-2(3)4/h4-6,8H,7H2,1-3H3,(H3,15,16,17,18);1H3,(H,3,4). The van der Waals surface area contributed by atoms with Gasteiger partial charge in [0.25, 0.3) is 5.97 Å². The topological polar surface area (TPSA) is 132 Å². The molecule has 0 spiro atoms. The molecule has 1 aromatic heterocycles. The Labute approximate surface area is 145 Å². The van der Waals surface area contributed by atoms with Crippen molar-refractivity contribution in [1.82, 2.24) is 4.98 Å². The molecule has 0 radical (unpaired) electrons. The van der Waals surface area contributed by atoms with Crippen LogP contribution in [0.3, 0.4) is 0 Å². The van der Waals surface area contributed by atoms with Gasteiger partial charge in [0.05, 0.1) is 32.0 Å². The summed E-state index contributed by atoms with van der Waals surface area (Å²) in [5, 5.41) is 10.2. The number of anilines is 1. The molecule has 0 aliphatic heterocycles. The van der Waals surface area contributed by atoms with Crippen molar-refractivity contribution in [1.29, 1.82) is 0 Å². The number of oxazole rings is 1. The zero-order valence-corrected chi connectivity index (χ0v) is 14.6. The van der Waals surface area contributed by atoms with Gasteiger partial charge in [0.2, 0.25) is 0 Å². The minimum atomic E-state index is -0.833. The number of rotatable bonds is 5. The summed E-state index contributed by atoms with van der Waals surface area (Å²) in [5.74, 6) is 0.751. The zero-order chi connectivity index (χ0) is 18.8. The minimum Gasteiger partial charge on any atom is -0.496 e. The molecule has 0 saturated carbocycles. The molecule has 9 heteroatoms. The van der Waals surface area contributed by atoms with Gasteiger partial charge in [0, 0.05) is 6.92 Å². The third-order valence-electron chi connectivity index (χ3n) is 2.79. The Balaban J connectivity index is 0.000000705. The molecular weight excluding hydrogens is 328 g/mol. The van der Waals surface area contributed by atoms with Crippen LogP contribution in [0, 0.1) is 6.92 Å². The first kappa shape index (κ1) is 19.8. The number of aliphatic carboxylic acids is 1. The first-order valence-corrected chi connectivity index (χ1v) is 7.25. The van der Waals surface area contributed by atoms with Gasteiger partial charge in [-0.05, 0) is 19.1 Å². The lowest BCUT2D eigenvalue weighted by atomic mass is 10.2. The number of hydrogen-bond donors (Lipinski definition) is 3. The molecule has 1 aromatic carbocycles. The van der Waals surface area contributed by atoms with E-state index in [9.17, 15) is 0 Å². The van der Waals surface area contributed by atoms with E-state index < -0.39 is 5.97 Å². The average Bonchev–Trinajstić information content (AvgIpc) is 2.96. The van der Waals surface area contributed by atoms with E-state index >= 15 is 0 Å². The van der Waals surface area contributed by atoms with Crippen molar-refractivity contribution in [2.24, 2.45) is 10.7 Å². The van der Waals surface area contributed by atoms with E-state index in [-0.39, 0.29) is 5.96 Å². The van der Waals surface area contributed by atoms with Gasteiger partial charge in [0.1, 0.15) is 17.8 Å². The van der Waals surface area contributed by atoms with E-state index in [4.69, 9.17) is 29.5 Å². The second-order valence-electron chi connectivity index (χ2n) is 4.78. The summed E-state index contributed by atoms with van der Waals surface area (Å²) < 4.78 is 15.7. The Morgan fingerprint density at radius 3 is 2.36 bits per heavy atom. The third kappa shape index (κ3) is 6.81. The fourth-order valence-corrected chi connectivity index (χ4v) is 1.81. The highest BCUT2D eigenvalue weighted by atomic mass is 16.5. The molecule has 0 saturated heterocycles. The molecule has 4 N–H and O–H groups in total. The number of carbonyl (C=O) groups is 1. The zero-order valence-electron chi connectivity index (χ0n) is 14.6. The lowest BCUT2D eigenvalue weighted by molar-refractivity contribution is -0.134. The minimum absolute atomic E-state index is 0.199. The van der Waals surface area contributed by atoms with Crippen molar-refractivity contribution in [3.63, 3.8) is 0 Å². The van der Waals surface area contributed by atoms with E-state index in [1.165, 1.54) is 6.26 Å².